The minimum atomic E-state index is 0.897. The van der Waals surface area contributed by atoms with Crippen LogP contribution in [0.1, 0.15) is 19.8 Å². The van der Waals surface area contributed by atoms with Crippen LogP contribution in [0.5, 0.6) is 0 Å². The maximum atomic E-state index is 5.46. The first-order valence-corrected chi connectivity index (χ1v) is 5.44. The van der Waals surface area contributed by atoms with Crippen molar-refractivity contribution in [1.29, 1.82) is 0 Å². The van der Waals surface area contributed by atoms with Crippen molar-refractivity contribution in [2.45, 2.75) is 19.8 Å². The van der Waals surface area contributed by atoms with Crippen molar-refractivity contribution in [2.24, 2.45) is 0 Å². The van der Waals surface area contributed by atoms with Crippen LogP contribution in [0, 0.1) is 0 Å². The smallest absolute Gasteiger partial charge is 0.0593 e. The maximum absolute atomic E-state index is 5.46. The molecule has 13 heavy (non-hydrogen) atoms. The quantitative estimate of drug-likeness (QED) is 0.640. The fourth-order valence-electron chi connectivity index (χ4n) is 1.57. The number of rotatable bonds is 5. The van der Waals surface area contributed by atoms with Crippen LogP contribution in [0.4, 0.5) is 0 Å². The summed E-state index contributed by atoms with van der Waals surface area (Å²) in [5.74, 6) is 0. The first-order chi connectivity index (χ1) is 6.43. The topological polar surface area (TPSA) is 24.5 Å². The lowest BCUT2D eigenvalue weighted by molar-refractivity contribution is 0.106. The fraction of sp³-hybridized carbons (Fsp3) is 1.00. The first-order valence-electron chi connectivity index (χ1n) is 5.44. The van der Waals surface area contributed by atoms with Crippen molar-refractivity contribution in [2.75, 3.05) is 45.9 Å². The molecular weight excluding hydrogens is 164 g/mol. The van der Waals surface area contributed by atoms with Gasteiger partial charge in [0, 0.05) is 26.2 Å². The molecule has 1 saturated heterocycles. The molecule has 1 N–H and O–H groups in total. The van der Waals surface area contributed by atoms with E-state index in [-0.39, 0.29) is 0 Å². The van der Waals surface area contributed by atoms with E-state index in [0.717, 1.165) is 32.7 Å². The highest BCUT2D eigenvalue weighted by Crippen LogP contribution is 1.94. The van der Waals surface area contributed by atoms with E-state index in [0.29, 0.717) is 0 Å². The van der Waals surface area contributed by atoms with Crippen LogP contribution >= 0.6 is 0 Å². The average Bonchev–Trinajstić information content (AvgIpc) is 2.41. The van der Waals surface area contributed by atoms with E-state index < -0.39 is 0 Å². The van der Waals surface area contributed by atoms with Gasteiger partial charge in [0.25, 0.3) is 0 Å². The van der Waals surface area contributed by atoms with Crippen molar-refractivity contribution in [3.05, 3.63) is 0 Å². The van der Waals surface area contributed by atoms with Gasteiger partial charge in [-0.1, -0.05) is 6.92 Å². The highest BCUT2D eigenvalue weighted by molar-refractivity contribution is 4.65. The lowest BCUT2D eigenvalue weighted by atomic mass is 10.4. The molecule has 0 atom stereocenters. The average molecular weight is 186 g/mol. The lowest BCUT2D eigenvalue weighted by Gasteiger charge is -2.18. The van der Waals surface area contributed by atoms with Gasteiger partial charge in [-0.2, -0.15) is 0 Å². The van der Waals surface area contributed by atoms with E-state index in [1.54, 1.807) is 0 Å². The number of nitrogens with one attached hydrogen (secondary N) is 1. The molecule has 0 radical (unpaired) electrons. The molecule has 0 aliphatic carbocycles. The molecule has 0 spiro atoms. The third-order valence-corrected chi connectivity index (χ3v) is 2.33. The van der Waals surface area contributed by atoms with Crippen molar-refractivity contribution in [3.63, 3.8) is 0 Å². The number of hydrogen-bond acceptors (Lipinski definition) is 3. The first kappa shape index (κ1) is 11.0. The van der Waals surface area contributed by atoms with E-state index >= 15 is 0 Å². The second kappa shape index (κ2) is 7.30. The van der Waals surface area contributed by atoms with Crippen LogP contribution in [-0.4, -0.2) is 50.8 Å². The molecule has 1 fully saturated rings. The molecular formula is C10H22N2O. The molecule has 1 aliphatic rings. The standard InChI is InChI=1S/C10H22N2O/c1-2-9-13-10-8-12-6-3-4-11-5-7-12/h11H,2-10H2,1H3. The highest BCUT2D eigenvalue weighted by Gasteiger charge is 2.06. The molecule has 1 aliphatic heterocycles. The molecule has 0 amide bonds. The molecule has 0 saturated carbocycles. The minimum absolute atomic E-state index is 0.897. The molecule has 1 heterocycles. The summed E-state index contributed by atoms with van der Waals surface area (Å²) in [4.78, 5) is 2.48. The van der Waals surface area contributed by atoms with Crippen molar-refractivity contribution in [3.8, 4) is 0 Å². The van der Waals surface area contributed by atoms with Crippen LogP contribution < -0.4 is 5.32 Å². The molecule has 0 aromatic carbocycles. The van der Waals surface area contributed by atoms with E-state index in [1.165, 1.54) is 26.1 Å². The molecule has 0 aromatic rings. The summed E-state index contributed by atoms with van der Waals surface area (Å²) in [6.07, 6.45) is 2.40. The van der Waals surface area contributed by atoms with Crippen LogP contribution in [0.25, 0.3) is 0 Å². The van der Waals surface area contributed by atoms with Gasteiger partial charge in [-0.05, 0) is 25.9 Å². The Kier molecular flexibility index (Phi) is 6.15. The van der Waals surface area contributed by atoms with Crippen molar-refractivity contribution in [1.82, 2.24) is 10.2 Å². The van der Waals surface area contributed by atoms with Gasteiger partial charge in [0.1, 0.15) is 0 Å². The molecule has 0 unspecified atom stereocenters. The molecule has 0 bridgehead atoms. The van der Waals surface area contributed by atoms with E-state index in [1.807, 2.05) is 0 Å². The summed E-state index contributed by atoms with van der Waals surface area (Å²) in [6, 6.07) is 0. The van der Waals surface area contributed by atoms with Gasteiger partial charge >= 0.3 is 0 Å². The van der Waals surface area contributed by atoms with Crippen molar-refractivity contribution < 1.29 is 4.74 Å². The number of nitrogens with zero attached hydrogens (tertiary/aromatic N) is 1. The summed E-state index contributed by atoms with van der Waals surface area (Å²) in [5.41, 5.74) is 0. The number of ether oxygens (including phenoxy) is 1. The van der Waals surface area contributed by atoms with Gasteiger partial charge in [-0.15, -0.1) is 0 Å². The van der Waals surface area contributed by atoms with Gasteiger partial charge < -0.3 is 10.1 Å². The Hall–Kier alpha value is -0.120. The maximum Gasteiger partial charge on any atom is 0.0593 e. The normalized spacial score (nSPS) is 20.1. The third kappa shape index (κ3) is 5.24. The van der Waals surface area contributed by atoms with Crippen molar-refractivity contribution >= 4 is 0 Å². The molecule has 0 aromatic heterocycles. The molecule has 3 heteroatoms. The second-order valence-corrected chi connectivity index (χ2v) is 3.56. The summed E-state index contributed by atoms with van der Waals surface area (Å²) >= 11 is 0. The summed E-state index contributed by atoms with van der Waals surface area (Å²) < 4.78 is 5.46. The zero-order chi connectivity index (χ0) is 9.36. The largest absolute Gasteiger partial charge is 0.380 e. The van der Waals surface area contributed by atoms with Crippen LogP contribution in [0.2, 0.25) is 0 Å². The predicted molar refractivity (Wildman–Crippen MR) is 55.0 cm³/mol. The minimum Gasteiger partial charge on any atom is -0.380 e. The monoisotopic (exact) mass is 186 g/mol. The zero-order valence-electron chi connectivity index (χ0n) is 8.72. The van der Waals surface area contributed by atoms with E-state index in [9.17, 15) is 0 Å². The van der Waals surface area contributed by atoms with Gasteiger partial charge in [0.2, 0.25) is 0 Å². The zero-order valence-corrected chi connectivity index (χ0v) is 8.72. The van der Waals surface area contributed by atoms with E-state index in [4.69, 9.17) is 4.74 Å². The Balaban J connectivity index is 1.98. The summed E-state index contributed by atoms with van der Waals surface area (Å²) in [5, 5.41) is 3.40. The second-order valence-electron chi connectivity index (χ2n) is 3.56. The molecule has 3 nitrogen and oxygen atoms in total. The fourth-order valence-corrected chi connectivity index (χ4v) is 1.57. The summed E-state index contributed by atoms with van der Waals surface area (Å²) in [6.45, 7) is 9.76. The Morgan fingerprint density at radius 3 is 3.00 bits per heavy atom. The predicted octanol–water partition coefficient (Wildman–Crippen LogP) is 0.708. The SMILES string of the molecule is CCCOCCN1CCCNCC1. The van der Waals surface area contributed by atoms with Crippen LogP contribution in [0.3, 0.4) is 0 Å². The third-order valence-electron chi connectivity index (χ3n) is 2.33. The molecule has 1 rings (SSSR count). The highest BCUT2D eigenvalue weighted by atomic mass is 16.5. The molecule has 78 valence electrons. The van der Waals surface area contributed by atoms with Crippen LogP contribution in [-0.2, 0) is 4.74 Å². The lowest BCUT2D eigenvalue weighted by Crippen LogP contribution is -2.31. The van der Waals surface area contributed by atoms with Gasteiger partial charge in [-0.3, -0.25) is 4.90 Å². The van der Waals surface area contributed by atoms with Crippen LogP contribution in [0.15, 0.2) is 0 Å². The van der Waals surface area contributed by atoms with Gasteiger partial charge in [0.15, 0.2) is 0 Å². The Labute approximate surface area is 81.4 Å². The van der Waals surface area contributed by atoms with E-state index in [2.05, 4.69) is 17.1 Å². The Morgan fingerprint density at radius 2 is 2.15 bits per heavy atom. The number of hydrogen-bond donors (Lipinski definition) is 1. The van der Waals surface area contributed by atoms with Gasteiger partial charge in [0.05, 0.1) is 6.61 Å². The Morgan fingerprint density at radius 1 is 1.23 bits per heavy atom. The van der Waals surface area contributed by atoms with Gasteiger partial charge in [-0.25, -0.2) is 0 Å². The Bertz CT molecular complexity index is 111. The summed E-state index contributed by atoms with van der Waals surface area (Å²) in [7, 11) is 0.